The molecule has 2 saturated heterocycles. The Morgan fingerprint density at radius 2 is 1.70 bits per heavy atom. The van der Waals surface area contributed by atoms with Crippen LogP contribution in [0.1, 0.15) is 28.8 Å². The van der Waals surface area contributed by atoms with Crippen molar-refractivity contribution in [3.05, 3.63) is 71.8 Å². The number of rotatable bonds is 4. The van der Waals surface area contributed by atoms with Crippen LogP contribution in [0, 0.1) is 0 Å². The fraction of sp³-hybridized carbons (Fsp3) is 0.333. The Labute approximate surface area is 181 Å². The number of nitrogens with zero attached hydrogens (tertiary/aromatic N) is 2. The summed E-state index contributed by atoms with van der Waals surface area (Å²) in [6, 6.07) is 17.2. The fourth-order valence-corrected chi connectivity index (χ4v) is 5.67. The molecule has 0 radical (unpaired) electrons. The normalized spacial score (nSPS) is 18.2. The standard InChI is InChI=1S/C24H26N2O3S/c1-29-21-10-6-5-9-20(21)23(28)25-15-13-24(14-16-25)26(17-18-30-24)22(27)12-11-19-7-3-2-4-8-19/h2-12H,13-18H2,1H3/b12-11+. The van der Waals surface area contributed by atoms with E-state index in [0.717, 1.165) is 30.7 Å². The van der Waals surface area contributed by atoms with Crippen LogP contribution in [0.3, 0.4) is 0 Å². The number of carbonyl (C=O) groups excluding carboxylic acids is 2. The van der Waals surface area contributed by atoms with Gasteiger partial charge in [0.2, 0.25) is 5.91 Å². The van der Waals surface area contributed by atoms with Crippen LogP contribution in [0.25, 0.3) is 6.08 Å². The van der Waals surface area contributed by atoms with Crippen LogP contribution in [0.5, 0.6) is 5.75 Å². The van der Waals surface area contributed by atoms with Crippen LogP contribution in [0.15, 0.2) is 60.7 Å². The number of likely N-dealkylation sites (tertiary alicyclic amines) is 1. The number of carbonyl (C=O) groups is 2. The molecular weight excluding hydrogens is 396 g/mol. The number of ether oxygens (including phenoxy) is 1. The number of benzene rings is 2. The summed E-state index contributed by atoms with van der Waals surface area (Å²) >= 11 is 1.85. The van der Waals surface area contributed by atoms with E-state index in [2.05, 4.69) is 0 Å². The van der Waals surface area contributed by atoms with E-state index in [-0.39, 0.29) is 16.7 Å². The van der Waals surface area contributed by atoms with Crippen molar-refractivity contribution in [3.63, 3.8) is 0 Å². The van der Waals surface area contributed by atoms with E-state index in [1.165, 1.54) is 0 Å². The lowest BCUT2D eigenvalue weighted by Gasteiger charge is -2.43. The van der Waals surface area contributed by atoms with Crippen molar-refractivity contribution < 1.29 is 14.3 Å². The molecule has 30 heavy (non-hydrogen) atoms. The Bertz CT molecular complexity index is 936. The summed E-state index contributed by atoms with van der Waals surface area (Å²) in [4.78, 5) is 29.6. The third-order valence-corrected chi connectivity index (χ3v) is 7.38. The van der Waals surface area contributed by atoms with E-state index >= 15 is 0 Å². The Morgan fingerprint density at radius 3 is 2.43 bits per heavy atom. The summed E-state index contributed by atoms with van der Waals surface area (Å²) in [6.45, 7) is 2.02. The second-order valence-corrected chi connectivity index (χ2v) is 8.98. The largest absolute Gasteiger partial charge is 0.496 e. The maximum atomic E-state index is 13.0. The molecule has 0 aliphatic carbocycles. The molecule has 2 aliphatic rings. The van der Waals surface area contributed by atoms with Gasteiger partial charge < -0.3 is 14.5 Å². The zero-order valence-corrected chi connectivity index (χ0v) is 17.9. The molecule has 5 nitrogen and oxygen atoms in total. The minimum absolute atomic E-state index is 0.00727. The van der Waals surface area contributed by atoms with Gasteiger partial charge in [-0.3, -0.25) is 9.59 Å². The van der Waals surface area contributed by atoms with Gasteiger partial charge >= 0.3 is 0 Å². The van der Waals surface area contributed by atoms with Crippen molar-refractivity contribution >= 4 is 29.7 Å². The Morgan fingerprint density at radius 1 is 1.00 bits per heavy atom. The maximum absolute atomic E-state index is 13.0. The summed E-state index contributed by atoms with van der Waals surface area (Å²) in [5.41, 5.74) is 1.61. The van der Waals surface area contributed by atoms with Gasteiger partial charge in [-0.05, 0) is 36.6 Å². The minimum Gasteiger partial charge on any atom is -0.496 e. The molecule has 2 heterocycles. The molecule has 1 spiro atoms. The highest BCUT2D eigenvalue weighted by atomic mass is 32.2. The highest BCUT2D eigenvalue weighted by Crippen LogP contribution is 2.44. The predicted octanol–water partition coefficient (Wildman–Crippen LogP) is 3.92. The fourth-order valence-electron chi connectivity index (χ4n) is 4.21. The lowest BCUT2D eigenvalue weighted by atomic mass is 10.0. The summed E-state index contributed by atoms with van der Waals surface area (Å²) < 4.78 is 5.35. The van der Waals surface area contributed by atoms with Crippen molar-refractivity contribution in [1.29, 1.82) is 0 Å². The molecule has 2 aromatic carbocycles. The zero-order chi connectivity index (χ0) is 21.0. The molecule has 6 heteroatoms. The van der Waals surface area contributed by atoms with Crippen molar-refractivity contribution in [1.82, 2.24) is 9.80 Å². The first kappa shape index (κ1) is 20.5. The van der Waals surface area contributed by atoms with Crippen molar-refractivity contribution in [2.75, 3.05) is 32.5 Å². The molecular formula is C24H26N2O3S. The van der Waals surface area contributed by atoms with Gasteiger partial charge in [-0.15, -0.1) is 11.8 Å². The van der Waals surface area contributed by atoms with Crippen molar-refractivity contribution in [2.45, 2.75) is 17.7 Å². The second kappa shape index (κ2) is 8.96. The summed E-state index contributed by atoms with van der Waals surface area (Å²) in [7, 11) is 1.58. The molecule has 2 aliphatic heterocycles. The smallest absolute Gasteiger partial charge is 0.257 e. The molecule has 0 bridgehead atoms. The quantitative estimate of drug-likeness (QED) is 0.701. The van der Waals surface area contributed by atoms with Crippen molar-refractivity contribution in [3.8, 4) is 5.75 Å². The van der Waals surface area contributed by atoms with Crippen LogP contribution in [0.2, 0.25) is 0 Å². The van der Waals surface area contributed by atoms with Crippen molar-refractivity contribution in [2.24, 2.45) is 0 Å². The zero-order valence-electron chi connectivity index (χ0n) is 17.1. The number of hydrogen-bond acceptors (Lipinski definition) is 4. The molecule has 2 fully saturated rings. The lowest BCUT2D eigenvalue weighted by molar-refractivity contribution is -0.129. The number of methoxy groups -OCH3 is 1. The summed E-state index contributed by atoms with van der Waals surface area (Å²) in [6.07, 6.45) is 5.11. The van der Waals surface area contributed by atoms with E-state index in [9.17, 15) is 9.59 Å². The molecule has 0 N–H and O–H groups in total. The Hall–Kier alpha value is -2.73. The molecule has 0 atom stereocenters. The number of piperidine rings is 1. The second-order valence-electron chi connectivity index (χ2n) is 7.52. The molecule has 0 aromatic heterocycles. The minimum atomic E-state index is -0.213. The monoisotopic (exact) mass is 422 g/mol. The van der Waals surface area contributed by atoms with Gasteiger partial charge in [0.1, 0.15) is 5.75 Å². The highest BCUT2D eigenvalue weighted by molar-refractivity contribution is 8.00. The third-order valence-electron chi connectivity index (χ3n) is 5.83. The molecule has 0 unspecified atom stereocenters. The van der Waals surface area contributed by atoms with Gasteiger partial charge in [0.15, 0.2) is 0 Å². The SMILES string of the molecule is COc1ccccc1C(=O)N1CCC2(CC1)SCCN2C(=O)/C=C/c1ccccc1. The highest BCUT2D eigenvalue weighted by Gasteiger charge is 2.46. The molecule has 4 rings (SSSR count). The Balaban J connectivity index is 1.43. The molecule has 156 valence electrons. The van der Waals surface area contributed by atoms with Gasteiger partial charge in [-0.1, -0.05) is 42.5 Å². The summed E-state index contributed by atoms with van der Waals surface area (Å²) in [5.74, 6) is 1.58. The van der Waals surface area contributed by atoms with Crippen LogP contribution < -0.4 is 4.74 Å². The van der Waals surface area contributed by atoms with Gasteiger partial charge in [-0.2, -0.15) is 0 Å². The van der Waals surface area contributed by atoms with E-state index in [1.807, 2.05) is 76.2 Å². The van der Waals surface area contributed by atoms with Crippen LogP contribution in [0.4, 0.5) is 0 Å². The molecule has 2 amide bonds. The maximum Gasteiger partial charge on any atom is 0.257 e. The van der Waals surface area contributed by atoms with Crippen LogP contribution in [-0.4, -0.2) is 59.0 Å². The lowest BCUT2D eigenvalue weighted by Crippen LogP contribution is -2.53. The van der Waals surface area contributed by atoms with E-state index in [4.69, 9.17) is 4.74 Å². The molecule has 2 aromatic rings. The first-order valence-electron chi connectivity index (χ1n) is 10.2. The first-order chi connectivity index (χ1) is 14.6. The van der Waals surface area contributed by atoms with E-state index in [1.54, 1.807) is 19.3 Å². The van der Waals surface area contributed by atoms with Gasteiger partial charge in [0.05, 0.1) is 17.5 Å². The number of para-hydroxylation sites is 1. The van der Waals surface area contributed by atoms with Gasteiger partial charge in [0.25, 0.3) is 5.91 Å². The molecule has 0 saturated carbocycles. The average Bonchev–Trinajstić information content (AvgIpc) is 3.21. The van der Waals surface area contributed by atoms with E-state index < -0.39 is 0 Å². The van der Waals surface area contributed by atoms with Crippen LogP contribution in [-0.2, 0) is 4.79 Å². The average molecular weight is 423 g/mol. The van der Waals surface area contributed by atoms with Gasteiger partial charge in [0, 0.05) is 31.5 Å². The number of amides is 2. The van der Waals surface area contributed by atoms with Gasteiger partial charge in [-0.25, -0.2) is 0 Å². The number of thioether (sulfide) groups is 1. The predicted molar refractivity (Wildman–Crippen MR) is 121 cm³/mol. The third kappa shape index (κ3) is 4.10. The Kier molecular flexibility index (Phi) is 6.13. The van der Waals surface area contributed by atoms with Crippen LogP contribution >= 0.6 is 11.8 Å². The first-order valence-corrected chi connectivity index (χ1v) is 11.2. The summed E-state index contributed by atoms with van der Waals surface area (Å²) in [5, 5.41) is 0. The van der Waals surface area contributed by atoms with E-state index in [0.29, 0.717) is 24.4 Å². The number of hydrogen-bond donors (Lipinski definition) is 0. The topological polar surface area (TPSA) is 49.9 Å².